The number of hydrogen-bond acceptors (Lipinski definition) is 4. The number of amides is 2. The Balaban J connectivity index is 1.73. The van der Waals surface area contributed by atoms with Crippen LogP contribution in [0.25, 0.3) is 0 Å². The summed E-state index contributed by atoms with van der Waals surface area (Å²) in [5.41, 5.74) is -0.0774. The highest BCUT2D eigenvalue weighted by molar-refractivity contribution is 9.10. The fourth-order valence-electron chi connectivity index (χ4n) is 2.67. The summed E-state index contributed by atoms with van der Waals surface area (Å²) < 4.78 is 5.62. The average molecular weight is 386 g/mol. The number of likely N-dealkylation sites (tertiary alicyclic amines) is 1. The maximum atomic E-state index is 11.9. The lowest BCUT2D eigenvalue weighted by molar-refractivity contribution is -0.120. The molecule has 1 fully saturated rings. The Bertz CT molecular complexity index is 551. The SMILES string of the molecule is CC(C)(CNC(=O)CNC(=O)c1ccc(Br)o1)N1CCCCC1. The average Bonchev–Trinajstić information content (AvgIpc) is 2.98. The van der Waals surface area contributed by atoms with E-state index in [0.29, 0.717) is 11.2 Å². The summed E-state index contributed by atoms with van der Waals surface area (Å²) in [6.45, 7) is 6.93. The van der Waals surface area contributed by atoms with Gasteiger partial charge in [-0.25, -0.2) is 0 Å². The van der Waals surface area contributed by atoms with Crippen molar-refractivity contribution < 1.29 is 14.0 Å². The molecule has 0 bridgehead atoms. The smallest absolute Gasteiger partial charge is 0.287 e. The van der Waals surface area contributed by atoms with Gasteiger partial charge >= 0.3 is 0 Å². The van der Waals surface area contributed by atoms with Gasteiger partial charge in [0.15, 0.2) is 10.4 Å². The Morgan fingerprint density at radius 1 is 1.22 bits per heavy atom. The highest BCUT2D eigenvalue weighted by Gasteiger charge is 2.28. The standard InChI is InChI=1S/C16H24BrN3O3/c1-16(2,20-8-4-3-5-9-20)11-19-14(21)10-18-15(22)12-6-7-13(17)23-12/h6-7H,3-5,8-11H2,1-2H3,(H,18,22)(H,19,21). The molecule has 1 saturated heterocycles. The van der Waals surface area contributed by atoms with Crippen molar-refractivity contribution in [2.24, 2.45) is 0 Å². The van der Waals surface area contributed by atoms with Gasteiger partial charge in [-0.05, 0) is 67.8 Å². The Labute approximate surface area is 145 Å². The molecule has 2 heterocycles. The van der Waals surface area contributed by atoms with Gasteiger partial charge in [-0.2, -0.15) is 0 Å². The zero-order chi connectivity index (χ0) is 16.9. The first-order valence-corrected chi connectivity index (χ1v) is 8.73. The monoisotopic (exact) mass is 385 g/mol. The summed E-state index contributed by atoms with van der Waals surface area (Å²) in [4.78, 5) is 26.1. The van der Waals surface area contributed by atoms with Crippen molar-refractivity contribution in [3.05, 3.63) is 22.6 Å². The predicted octanol–water partition coefficient (Wildman–Crippen LogP) is 2.15. The molecule has 1 aliphatic heterocycles. The van der Waals surface area contributed by atoms with Crippen LogP contribution in [0.3, 0.4) is 0 Å². The van der Waals surface area contributed by atoms with Crippen molar-refractivity contribution in [3.8, 4) is 0 Å². The molecule has 0 unspecified atom stereocenters. The van der Waals surface area contributed by atoms with Gasteiger partial charge in [-0.3, -0.25) is 14.5 Å². The third kappa shape index (κ3) is 5.35. The normalized spacial score (nSPS) is 16.1. The molecule has 1 aliphatic rings. The molecule has 7 heteroatoms. The van der Waals surface area contributed by atoms with Gasteiger partial charge in [0.2, 0.25) is 5.91 Å². The van der Waals surface area contributed by atoms with E-state index < -0.39 is 5.91 Å². The number of carbonyl (C=O) groups is 2. The van der Waals surface area contributed by atoms with E-state index in [9.17, 15) is 9.59 Å². The Kier molecular flexibility index (Phi) is 6.24. The van der Waals surface area contributed by atoms with E-state index in [1.807, 2.05) is 0 Å². The Morgan fingerprint density at radius 2 is 1.91 bits per heavy atom. The molecular formula is C16H24BrN3O3. The molecule has 1 aromatic rings. The number of rotatable bonds is 6. The van der Waals surface area contributed by atoms with Crippen LogP contribution in [0.2, 0.25) is 0 Å². The molecule has 6 nitrogen and oxygen atoms in total. The number of carbonyl (C=O) groups excluding carboxylic acids is 2. The highest BCUT2D eigenvalue weighted by atomic mass is 79.9. The molecule has 0 radical (unpaired) electrons. The first kappa shape index (κ1) is 18.0. The van der Waals surface area contributed by atoms with Crippen molar-refractivity contribution in [1.82, 2.24) is 15.5 Å². The van der Waals surface area contributed by atoms with Crippen molar-refractivity contribution >= 4 is 27.7 Å². The second kappa shape index (κ2) is 7.97. The largest absolute Gasteiger partial charge is 0.444 e. The number of halogens is 1. The van der Waals surface area contributed by atoms with Gasteiger partial charge in [-0.1, -0.05) is 6.42 Å². The highest BCUT2D eigenvalue weighted by Crippen LogP contribution is 2.19. The molecule has 2 rings (SSSR count). The summed E-state index contributed by atoms with van der Waals surface area (Å²) in [6.07, 6.45) is 3.71. The van der Waals surface area contributed by atoms with E-state index >= 15 is 0 Å². The first-order chi connectivity index (χ1) is 10.9. The second-order valence-electron chi connectivity index (χ2n) is 6.42. The molecule has 0 saturated carbocycles. The number of hydrogen-bond donors (Lipinski definition) is 2. The maximum Gasteiger partial charge on any atom is 0.287 e. The number of furan rings is 1. The lowest BCUT2D eigenvalue weighted by Crippen LogP contribution is -2.54. The minimum atomic E-state index is -0.402. The van der Waals surface area contributed by atoms with E-state index in [2.05, 4.69) is 45.3 Å². The van der Waals surface area contributed by atoms with Gasteiger partial charge in [-0.15, -0.1) is 0 Å². The molecule has 0 aliphatic carbocycles. The summed E-state index contributed by atoms with van der Waals surface area (Å²) >= 11 is 3.13. The predicted molar refractivity (Wildman–Crippen MR) is 91.3 cm³/mol. The Morgan fingerprint density at radius 3 is 2.52 bits per heavy atom. The van der Waals surface area contributed by atoms with E-state index in [1.54, 1.807) is 12.1 Å². The van der Waals surface area contributed by atoms with Gasteiger partial charge < -0.3 is 15.1 Å². The second-order valence-corrected chi connectivity index (χ2v) is 7.20. The van der Waals surface area contributed by atoms with E-state index in [0.717, 1.165) is 13.1 Å². The van der Waals surface area contributed by atoms with Crippen LogP contribution in [0, 0.1) is 0 Å². The summed E-state index contributed by atoms with van der Waals surface area (Å²) in [5, 5.41) is 5.45. The van der Waals surface area contributed by atoms with Crippen LogP contribution in [-0.4, -0.2) is 48.4 Å². The number of nitrogens with one attached hydrogen (secondary N) is 2. The van der Waals surface area contributed by atoms with E-state index in [-0.39, 0.29) is 23.8 Å². The molecule has 2 N–H and O–H groups in total. The van der Waals surface area contributed by atoms with Gasteiger partial charge in [0, 0.05) is 12.1 Å². The molecule has 0 atom stereocenters. The lowest BCUT2D eigenvalue weighted by atomic mass is 9.98. The van der Waals surface area contributed by atoms with Crippen LogP contribution in [0.1, 0.15) is 43.7 Å². The summed E-state index contributed by atoms with van der Waals surface area (Å²) in [5.74, 6) is -0.423. The third-order valence-electron chi connectivity index (χ3n) is 4.14. The van der Waals surface area contributed by atoms with Crippen LogP contribution in [0.5, 0.6) is 0 Å². The van der Waals surface area contributed by atoms with E-state index in [1.165, 1.54) is 19.3 Å². The zero-order valence-corrected chi connectivity index (χ0v) is 15.2. The fourth-order valence-corrected chi connectivity index (χ4v) is 2.98. The van der Waals surface area contributed by atoms with Crippen LogP contribution >= 0.6 is 15.9 Å². The first-order valence-electron chi connectivity index (χ1n) is 7.94. The summed E-state index contributed by atoms with van der Waals surface area (Å²) in [6, 6.07) is 3.19. The molecule has 23 heavy (non-hydrogen) atoms. The topological polar surface area (TPSA) is 74.6 Å². The van der Waals surface area contributed by atoms with Crippen molar-refractivity contribution in [3.63, 3.8) is 0 Å². The number of nitrogens with zero attached hydrogens (tertiary/aromatic N) is 1. The van der Waals surface area contributed by atoms with Crippen LogP contribution in [0.4, 0.5) is 0 Å². The maximum absolute atomic E-state index is 11.9. The van der Waals surface area contributed by atoms with Crippen molar-refractivity contribution in [2.75, 3.05) is 26.2 Å². The molecular weight excluding hydrogens is 362 g/mol. The lowest BCUT2D eigenvalue weighted by Gasteiger charge is -2.41. The minimum Gasteiger partial charge on any atom is -0.444 e. The molecule has 128 valence electrons. The Hall–Kier alpha value is -1.34. The molecule has 2 amide bonds. The van der Waals surface area contributed by atoms with Gasteiger partial charge in [0.05, 0.1) is 6.54 Å². The zero-order valence-electron chi connectivity index (χ0n) is 13.7. The molecule has 0 spiro atoms. The molecule has 0 aromatic carbocycles. The van der Waals surface area contributed by atoms with Crippen molar-refractivity contribution in [2.45, 2.75) is 38.6 Å². The quantitative estimate of drug-likeness (QED) is 0.786. The minimum absolute atomic E-state index is 0.0623. The number of piperidine rings is 1. The molecule has 1 aromatic heterocycles. The van der Waals surface area contributed by atoms with Crippen molar-refractivity contribution in [1.29, 1.82) is 0 Å². The third-order valence-corrected chi connectivity index (χ3v) is 4.56. The van der Waals surface area contributed by atoms with Gasteiger partial charge in [0.1, 0.15) is 0 Å². The summed E-state index contributed by atoms with van der Waals surface area (Å²) in [7, 11) is 0. The van der Waals surface area contributed by atoms with E-state index in [4.69, 9.17) is 4.42 Å². The fraction of sp³-hybridized carbons (Fsp3) is 0.625. The van der Waals surface area contributed by atoms with Crippen LogP contribution in [-0.2, 0) is 4.79 Å². The van der Waals surface area contributed by atoms with Crippen LogP contribution < -0.4 is 10.6 Å². The van der Waals surface area contributed by atoms with Crippen LogP contribution in [0.15, 0.2) is 21.2 Å². The van der Waals surface area contributed by atoms with Gasteiger partial charge in [0.25, 0.3) is 5.91 Å².